The molecule has 1 saturated heterocycles. The number of benzene rings is 4. The summed E-state index contributed by atoms with van der Waals surface area (Å²) in [5.41, 5.74) is 0.985. The molecule has 254 valence electrons. The largest absolute Gasteiger partial charge is 0.464 e. The smallest absolute Gasteiger partial charge is 0.338 e. The van der Waals surface area contributed by atoms with E-state index < -0.39 is 67.8 Å². The van der Waals surface area contributed by atoms with Crippen LogP contribution in [0, 0.1) is 0 Å². The predicted molar refractivity (Wildman–Crippen MR) is 176 cm³/mol. The Labute approximate surface area is 287 Å². The molecule has 5 atom stereocenters. The van der Waals surface area contributed by atoms with Crippen molar-refractivity contribution in [2.45, 2.75) is 30.7 Å². The van der Waals surface area contributed by atoms with Gasteiger partial charge in [0.05, 0.1) is 28.5 Å². The maximum Gasteiger partial charge on any atom is 0.338 e. The summed E-state index contributed by atoms with van der Waals surface area (Å²) < 4.78 is 41.4. The number of carbonyl (C=O) groups is 4. The van der Waals surface area contributed by atoms with E-state index in [0.717, 1.165) is 0 Å². The summed E-state index contributed by atoms with van der Waals surface area (Å²) in [5.74, 6) is -2.61. The monoisotopic (exact) mass is 676 g/mol. The summed E-state index contributed by atoms with van der Waals surface area (Å²) in [5, 5.41) is 0. The molecular formula is C39H32O11. The third-order valence-electron chi connectivity index (χ3n) is 7.71. The van der Waals surface area contributed by atoms with Crippen LogP contribution in [0.5, 0.6) is 0 Å². The number of hydrogen-bond acceptors (Lipinski definition) is 11. The summed E-state index contributed by atoms with van der Waals surface area (Å²) >= 11 is 0. The van der Waals surface area contributed by atoms with Gasteiger partial charge in [0.2, 0.25) is 6.29 Å². The van der Waals surface area contributed by atoms with E-state index in [2.05, 4.69) is 0 Å². The zero-order chi connectivity index (χ0) is 34.7. The first-order chi connectivity index (χ1) is 24.5. The molecule has 11 nitrogen and oxygen atoms in total. The summed E-state index contributed by atoms with van der Waals surface area (Å²) in [6.45, 7) is -0.904. The van der Waals surface area contributed by atoms with Crippen molar-refractivity contribution in [3.8, 4) is 0 Å². The molecule has 2 heterocycles. The van der Waals surface area contributed by atoms with Crippen LogP contribution in [0.15, 0.2) is 144 Å². The Kier molecular flexibility index (Phi) is 11.1. The van der Waals surface area contributed by atoms with Gasteiger partial charge in [0.15, 0.2) is 18.0 Å². The van der Waals surface area contributed by atoms with Crippen LogP contribution in [0.2, 0.25) is 0 Å². The lowest BCUT2D eigenvalue weighted by Crippen LogP contribution is -2.57. The number of furan rings is 1. The molecule has 0 bridgehead atoms. The molecule has 1 fully saturated rings. The molecule has 1 aliphatic rings. The van der Waals surface area contributed by atoms with Crippen molar-refractivity contribution in [1.82, 2.24) is 0 Å². The molecule has 5 aromatic rings. The van der Waals surface area contributed by atoms with Gasteiger partial charge in [-0.25, -0.2) is 19.2 Å². The molecule has 11 heteroatoms. The van der Waals surface area contributed by atoms with E-state index in [1.54, 1.807) is 133 Å². The normalized spacial score (nSPS) is 19.0. The van der Waals surface area contributed by atoms with Gasteiger partial charge in [0.25, 0.3) is 0 Å². The highest BCUT2D eigenvalue weighted by atomic mass is 16.7. The highest BCUT2D eigenvalue weighted by Gasteiger charge is 2.49. The molecule has 5 unspecified atom stereocenters. The third-order valence-corrected chi connectivity index (χ3v) is 7.71. The number of esters is 4. The van der Waals surface area contributed by atoms with Crippen LogP contribution in [0.1, 0.15) is 53.5 Å². The first kappa shape index (κ1) is 33.8. The number of ether oxygens (including phenoxy) is 6. The van der Waals surface area contributed by atoms with Crippen molar-refractivity contribution in [2.75, 3.05) is 13.2 Å². The topological polar surface area (TPSA) is 137 Å². The van der Waals surface area contributed by atoms with Gasteiger partial charge in [-0.3, -0.25) is 0 Å². The zero-order valence-corrected chi connectivity index (χ0v) is 26.6. The van der Waals surface area contributed by atoms with Crippen molar-refractivity contribution >= 4 is 23.9 Å². The van der Waals surface area contributed by atoms with Gasteiger partial charge in [-0.05, 0) is 60.7 Å². The highest BCUT2D eigenvalue weighted by Crippen LogP contribution is 2.35. The Hall–Kier alpha value is -6.04. The van der Waals surface area contributed by atoms with Gasteiger partial charge in [-0.2, -0.15) is 0 Å². The molecule has 1 aromatic heterocycles. The molecular weight excluding hydrogens is 644 g/mol. The molecule has 0 spiro atoms. The van der Waals surface area contributed by atoms with Gasteiger partial charge in [0.1, 0.15) is 25.4 Å². The van der Waals surface area contributed by atoms with Crippen molar-refractivity contribution in [3.63, 3.8) is 0 Å². The summed E-state index contributed by atoms with van der Waals surface area (Å²) in [4.78, 5) is 53.1. The minimum absolute atomic E-state index is 0.215. The molecule has 0 amide bonds. The third kappa shape index (κ3) is 8.51. The van der Waals surface area contributed by atoms with Crippen molar-refractivity contribution in [2.24, 2.45) is 0 Å². The standard InChI is InChI=1S/C39H32O11/c40-35(26-14-5-1-6-15-26)45-24-31(47-37(42)28-18-9-3-10-19-28)34-33(49-38(43)29-20-11-4-12-21-29)32(48-39(50-34)30-22-13-23-44-30)25-46-36(41)27-16-7-2-8-17-27/h1-23,31-34,39H,24-25H2. The number of rotatable bonds is 12. The molecule has 0 N–H and O–H groups in total. The fraction of sp³-hybridized carbons (Fsp3) is 0.179. The highest BCUT2D eigenvalue weighted by molar-refractivity contribution is 5.91. The van der Waals surface area contributed by atoms with E-state index in [4.69, 9.17) is 32.8 Å². The van der Waals surface area contributed by atoms with Crippen LogP contribution in [0.3, 0.4) is 0 Å². The molecule has 0 aliphatic carbocycles. The lowest BCUT2D eigenvalue weighted by molar-refractivity contribution is -0.313. The van der Waals surface area contributed by atoms with E-state index in [1.165, 1.54) is 6.26 Å². The van der Waals surface area contributed by atoms with Crippen LogP contribution >= 0.6 is 0 Å². The second-order valence-corrected chi connectivity index (χ2v) is 11.1. The minimum Gasteiger partial charge on any atom is -0.464 e. The summed E-state index contributed by atoms with van der Waals surface area (Å²) in [7, 11) is 0. The Bertz CT molecular complexity index is 1850. The second kappa shape index (κ2) is 16.4. The van der Waals surface area contributed by atoms with Crippen molar-refractivity contribution < 1.29 is 52.0 Å². The van der Waals surface area contributed by atoms with E-state index in [1.807, 2.05) is 0 Å². The van der Waals surface area contributed by atoms with Gasteiger partial charge in [0, 0.05) is 0 Å². The lowest BCUT2D eigenvalue weighted by Gasteiger charge is -2.42. The Balaban J connectivity index is 1.35. The quantitative estimate of drug-likeness (QED) is 0.110. The molecule has 6 rings (SSSR count). The Morgan fingerprint density at radius 3 is 1.58 bits per heavy atom. The van der Waals surface area contributed by atoms with E-state index in [-0.39, 0.29) is 22.5 Å². The Morgan fingerprint density at radius 1 is 0.560 bits per heavy atom. The maximum absolute atomic E-state index is 13.5. The van der Waals surface area contributed by atoms with Gasteiger partial charge in [-0.1, -0.05) is 72.8 Å². The molecule has 0 radical (unpaired) electrons. The molecule has 0 saturated carbocycles. The molecule has 4 aromatic carbocycles. The summed E-state index contributed by atoms with van der Waals surface area (Å²) in [6, 6.07) is 36.2. The average molecular weight is 677 g/mol. The van der Waals surface area contributed by atoms with Crippen LogP contribution in [-0.2, 0) is 28.4 Å². The predicted octanol–water partition coefficient (Wildman–Crippen LogP) is 6.23. The summed E-state index contributed by atoms with van der Waals surface area (Å²) in [6.07, 6.45) is -5.04. The fourth-order valence-corrected chi connectivity index (χ4v) is 5.21. The first-order valence-electron chi connectivity index (χ1n) is 15.8. The molecule has 1 aliphatic heterocycles. The maximum atomic E-state index is 13.5. The first-order valence-corrected chi connectivity index (χ1v) is 15.8. The number of hydrogen-bond donors (Lipinski definition) is 0. The fourth-order valence-electron chi connectivity index (χ4n) is 5.21. The SMILES string of the molecule is O=C(OCC1OC(c2ccco2)OC(C(COC(=O)c2ccccc2)OC(=O)c2ccccc2)C1OC(=O)c1ccccc1)c1ccccc1. The van der Waals surface area contributed by atoms with Crippen molar-refractivity contribution in [3.05, 3.63) is 168 Å². The zero-order valence-electron chi connectivity index (χ0n) is 26.6. The van der Waals surface area contributed by atoms with Gasteiger partial charge >= 0.3 is 23.9 Å². The van der Waals surface area contributed by atoms with E-state index >= 15 is 0 Å². The van der Waals surface area contributed by atoms with Crippen molar-refractivity contribution in [1.29, 1.82) is 0 Å². The van der Waals surface area contributed by atoms with Crippen LogP contribution in [-0.4, -0.2) is 61.5 Å². The second-order valence-electron chi connectivity index (χ2n) is 11.1. The van der Waals surface area contributed by atoms with Gasteiger partial charge in [-0.15, -0.1) is 0 Å². The van der Waals surface area contributed by atoms with Crippen LogP contribution in [0.4, 0.5) is 0 Å². The minimum atomic E-state index is -1.36. The van der Waals surface area contributed by atoms with E-state index in [0.29, 0.717) is 5.56 Å². The van der Waals surface area contributed by atoms with Crippen LogP contribution in [0.25, 0.3) is 0 Å². The molecule has 50 heavy (non-hydrogen) atoms. The van der Waals surface area contributed by atoms with Gasteiger partial charge < -0.3 is 32.8 Å². The average Bonchev–Trinajstić information content (AvgIpc) is 3.72. The Morgan fingerprint density at radius 2 is 1.06 bits per heavy atom. The van der Waals surface area contributed by atoms with E-state index in [9.17, 15) is 19.2 Å². The number of carbonyl (C=O) groups excluding carboxylic acids is 4. The van der Waals surface area contributed by atoms with Crippen LogP contribution < -0.4 is 0 Å². The lowest BCUT2D eigenvalue weighted by atomic mass is 10.0.